The van der Waals surface area contributed by atoms with Gasteiger partial charge in [-0.1, -0.05) is 23.7 Å². The quantitative estimate of drug-likeness (QED) is 0.763. The van der Waals surface area contributed by atoms with Gasteiger partial charge in [0.1, 0.15) is 5.60 Å². The second kappa shape index (κ2) is 10.1. The molecule has 0 aliphatic carbocycles. The molecule has 0 radical (unpaired) electrons. The molecule has 0 bridgehead atoms. The fraction of sp³-hybridized carbons (Fsp3) is 0.619. The maximum atomic E-state index is 12.5. The Morgan fingerprint density at radius 2 is 2.11 bits per heavy atom. The van der Waals surface area contributed by atoms with Crippen LogP contribution in [0.25, 0.3) is 0 Å². The molecular formula is C21H31ClN2O4. The number of hydrogen-bond donors (Lipinski definition) is 1. The van der Waals surface area contributed by atoms with E-state index in [-0.39, 0.29) is 30.4 Å². The minimum atomic E-state index is -0.527. The first-order valence-corrected chi connectivity index (χ1v) is 10.1. The highest BCUT2D eigenvalue weighted by Crippen LogP contribution is 2.34. The van der Waals surface area contributed by atoms with Gasteiger partial charge in [-0.05, 0) is 51.3 Å². The number of carbonyl (C=O) groups is 2. The molecule has 0 saturated carbocycles. The highest BCUT2D eigenvalue weighted by atomic mass is 35.5. The van der Waals surface area contributed by atoms with Crippen molar-refractivity contribution in [3.05, 3.63) is 34.9 Å². The van der Waals surface area contributed by atoms with Crippen molar-refractivity contribution in [2.45, 2.75) is 51.7 Å². The van der Waals surface area contributed by atoms with Gasteiger partial charge in [-0.15, -0.1) is 0 Å². The summed E-state index contributed by atoms with van der Waals surface area (Å²) >= 11 is 6.18. The van der Waals surface area contributed by atoms with Crippen molar-refractivity contribution < 1.29 is 19.1 Å². The van der Waals surface area contributed by atoms with Crippen molar-refractivity contribution in [2.75, 3.05) is 26.7 Å². The van der Waals surface area contributed by atoms with E-state index in [2.05, 4.69) is 5.32 Å². The van der Waals surface area contributed by atoms with Gasteiger partial charge in [0, 0.05) is 37.5 Å². The van der Waals surface area contributed by atoms with Crippen molar-refractivity contribution in [3.63, 3.8) is 0 Å². The third kappa shape index (κ3) is 6.99. The van der Waals surface area contributed by atoms with Crippen LogP contribution in [0.2, 0.25) is 5.02 Å². The molecule has 1 aliphatic rings. The van der Waals surface area contributed by atoms with Crippen LogP contribution in [0.4, 0.5) is 4.79 Å². The summed E-state index contributed by atoms with van der Waals surface area (Å²) in [6.07, 6.45) is 1.55. The summed E-state index contributed by atoms with van der Waals surface area (Å²) in [7, 11) is 1.61. The van der Waals surface area contributed by atoms with Crippen LogP contribution < -0.4 is 5.32 Å². The second-order valence-corrected chi connectivity index (χ2v) is 8.53. The number of rotatable bonds is 6. The number of hydrogen-bond acceptors (Lipinski definition) is 4. The average molecular weight is 411 g/mol. The number of nitrogens with zero attached hydrogens (tertiary/aromatic N) is 1. The summed E-state index contributed by atoms with van der Waals surface area (Å²) in [6, 6.07) is 7.57. The second-order valence-electron chi connectivity index (χ2n) is 8.10. The highest BCUT2D eigenvalue weighted by Gasteiger charge is 2.33. The molecule has 7 heteroatoms. The molecule has 1 fully saturated rings. The summed E-state index contributed by atoms with van der Waals surface area (Å²) in [5, 5.41) is 3.24. The predicted molar refractivity (Wildman–Crippen MR) is 109 cm³/mol. The zero-order valence-corrected chi connectivity index (χ0v) is 17.9. The lowest BCUT2D eigenvalue weighted by Gasteiger charge is -2.37. The Balaban J connectivity index is 2.12. The number of nitrogens with one attached hydrogen (secondary N) is 1. The fourth-order valence-corrected chi connectivity index (χ4v) is 3.54. The first-order valence-electron chi connectivity index (χ1n) is 9.75. The van der Waals surface area contributed by atoms with Gasteiger partial charge in [-0.25, -0.2) is 4.79 Å². The van der Waals surface area contributed by atoms with E-state index >= 15 is 0 Å². The van der Waals surface area contributed by atoms with Crippen molar-refractivity contribution in [1.29, 1.82) is 0 Å². The minimum Gasteiger partial charge on any atom is -0.444 e. The minimum absolute atomic E-state index is 0.0659. The molecular weight excluding hydrogens is 380 g/mol. The molecule has 0 spiro atoms. The lowest BCUT2D eigenvalue weighted by Crippen LogP contribution is -2.44. The van der Waals surface area contributed by atoms with E-state index in [1.165, 1.54) is 0 Å². The molecule has 1 N–H and O–H groups in total. The van der Waals surface area contributed by atoms with E-state index in [0.717, 1.165) is 18.4 Å². The molecule has 28 heavy (non-hydrogen) atoms. The van der Waals surface area contributed by atoms with Gasteiger partial charge < -0.3 is 19.7 Å². The fourth-order valence-electron chi connectivity index (χ4n) is 3.34. The zero-order chi connectivity index (χ0) is 20.7. The Hall–Kier alpha value is -1.79. The number of halogens is 1. The Morgan fingerprint density at radius 1 is 1.36 bits per heavy atom. The molecule has 1 aliphatic heterocycles. The van der Waals surface area contributed by atoms with Crippen LogP contribution in [-0.2, 0) is 14.3 Å². The zero-order valence-electron chi connectivity index (χ0n) is 17.2. The average Bonchev–Trinajstić information content (AvgIpc) is 2.63. The molecule has 6 nitrogen and oxygen atoms in total. The van der Waals surface area contributed by atoms with Crippen LogP contribution in [0.1, 0.15) is 51.7 Å². The molecule has 2 atom stereocenters. The van der Waals surface area contributed by atoms with Gasteiger partial charge in [0.25, 0.3) is 0 Å². The molecule has 2 amide bonds. The van der Waals surface area contributed by atoms with E-state index < -0.39 is 5.60 Å². The molecule has 2 rings (SSSR count). The molecule has 1 saturated heterocycles. The predicted octanol–water partition coefficient (Wildman–Crippen LogP) is 4.18. The molecule has 1 aromatic rings. The van der Waals surface area contributed by atoms with Crippen LogP contribution in [0.5, 0.6) is 0 Å². The van der Waals surface area contributed by atoms with E-state index in [0.29, 0.717) is 24.7 Å². The Morgan fingerprint density at radius 3 is 2.75 bits per heavy atom. The molecule has 1 aromatic carbocycles. The SMILES string of the molecule is CNC(=O)CCOC(c1cccc(Cl)c1)C1CCCN(C(=O)OC(C)(C)C)C1. The van der Waals surface area contributed by atoms with Crippen LogP contribution in [0.15, 0.2) is 24.3 Å². The first-order chi connectivity index (χ1) is 13.2. The summed E-state index contributed by atoms with van der Waals surface area (Å²) < 4.78 is 11.7. The largest absolute Gasteiger partial charge is 0.444 e. The highest BCUT2D eigenvalue weighted by molar-refractivity contribution is 6.30. The first kappa shape index (κ1) is 22.5. The van der Waals surface area contributed by atoms with Gasteiger partial charge in [-0.2, -0.15) is 0 Å². The van der Waals surface area contributed by atoms with E-state index in [4.69, 9.17) is 21.1 Å². The lowest BCUT2D eigenvalue weighted by atomic mass is 9.88. The molecule has 0 aromatic heterocycles. The van der Waals surface area contributed by atoms with E-state index in [1.807, 2.05) is 45.0 Å². The van der Waals surface area contributed by atoms with Crippen molar-refractivity contribution in [1.82, 2.24) is 10.2 Å². The van der Waals surface area contributed by atoms with Gasteiger partial charge in [0.15, 0.2) is 0 Å². The maximum absolute atomic E-state index is 12.5. The number of piperidine rings is 1. The molecule has 1 heterocycles. The summed E-state index contributed by atoms with van der Waals surface area (Å²) in [5.41, 5.74) is 0.431. The monoisotopic (exact) mass is 410 g/mol. The summed E-state index contributed by atoms with van der Waals surface area (Å²) in [6.45, 7) is 7.12. The Labute approximate surface area is 172 Å². The standard InChI is InChI=1S/C21H31ClN2O4/c1-21(2,3)28-20(26)24-11-6-8-16(14-24)19(27-12-10-18(25)23-4)15-7-5-9-17(22)13-15/h5,7,9,13,16,19H,6,8,10-12,14H2,1-4H3,(H,23,25). The van der Waals surface area contributed by atoms with Crippen molar-refractivity contribution >= 4 is 23.6 Å². The number of likely N-dealkylation sites (tertiary alicyclic amines) is 1. The van der Waals surface area contributed by atoms with Crippen molar-refractivity contribution in [2.24, 2.45) is 5.92 Å². The topological polar surface area (TPSA) is 67.9 Å². The van der Waals surface area contributed by atoms with Gasteiger partial charge >= 0.3 is 6.09 Å². The summed E-state index contributed by atoms with van der Waals surface area (Å²) in [5.74, 6) is 0.0355. The van der Waals surface area contributed by atoms with E-state index in [9.17, 15) is 9.59 Å². The Bertz CT molecular complexity index is 675. The van der Waals surface area contributed by atoms with Crippen LogP contribution >= 0.6 is 11.6 Å². The smallest absolute Gasteiger partial charge is 0.410 e. The Kier molecular flexibility index (Phi) is 8.13. The van der Waals surface area contributed by atoms with Crippen LogP contribution in [0, 0.1) is 5.92 Å². The van der Waals surface area contributed by atoms with Gasteiger partial charge in [-0.3, -0.25) is 4.79 Å². The number of ether oxygens (including phenoxy) is 2. The number of benzene rings is 1. The lowest BCUT2D eigenvalue weighted by molar-refractivity contribution is -0.122. The van der Waals surface area contributed by atoms with Gasteiger partial charge in [0.05, 0.1) is 12.7 Å². The molecule has 2 unspecified atom stereocenters. The van der Waals surface area contributed by atoms with Gasteiger partial charge in [0.2, 0.25) is 5.91 Å². The normalized spacial score (nSPS) is 18.5. The van der Waals surface area contributed by atoms with Crippen molar-refractivity contribution in [3.8, 4) is 0 Å². The third-order valence-corrected chi connectivity index (χ3v) is 4.86. The molecule has 156 valence electrons. The maximum Gasteiger partial charge on any atom is 0.410 e. The number of carbonyl (C=O) groups excluding carboxylic acids is 2. The summed E-state index contributed by atoms with van der Waals surface area (Å²) in [4.78, 5) is 25.8. The van der Waals surface area contributed by atoms with E-state index in [1.54, 1.807) is 11.9 Å². The number of amides is 2. The van der Waals surface area contributed by atoms with Crippen LogP contribution in [-0.4, -0.2) is 49.2 Å². The van der Waals surface area contributed by atoms with Crippen LogP contribution in [0.3, 0.4) is 0 Å². The third-order valence-electron chi connectivity index (χ3n) is 4.62.